The van der Waals surface area contributed by atoms with Crippen LogP contribution in [0.5, 0.6) is 0 Å². The number of hydrogen-bond acceptors (Lipinski definition) is 0. The van der Waals surface area contributed by atoms with Crippen LogP contribution in [-0.4, -0.2) is 0 Å². The number of rotatable bonds is 3. The van der Waals surface area contributed by atoms with Gasteiger partial charge >= 0.3 is 0 Å². The molecular weight excluding hydrogens is 132 g/mol. The zero-order valence-corrected chi connectivity index (χ0v) is 6.51. The molecule has 1 aromatic carbocycles. The van der Waals surface area contributed by atoms with Crippen molar-refractivity contribution in [2.75, 3.05) is 0 Å². The maximum Gasteiger partial charge on any atom is 0.00892 e. The predicted octanol–water partition coefficient (Wildman–Crippen LogP) is 2.44. The fourth-order valence-corrected chi connectivity index (χ4v) is 0.967. The summed E-state index contributed by atoms with van der Waals surface area (Å²) in [5.74, 6) is 2.62. The Balaban J connectivity index is 2.35. The molecule has 0 spiro atoms. The average Bonchev–Trinajstić information content (AvgIpc) is 2.07. The minimum absolute atomic E-state index is 0.864. The van der Waals surface area contributed by atoms with Gasteiger partial charge in [0.25, 0.3) is 0 Å². The van der Waals surface area contributed by atoms with Crippen molar-refractivity contribution in [3.8, 4) is 12.3 Å². The maximum absolute atomic E-state index is 5.13. The first-order valence-corrected chi connectivity index (χ1v) is 3.82. The van der Waals surface area contributed by atoms with E-state index in [1.807, 2.05) is 18.2 Å². The van der Waals surface area contributed by atoms with Gasteiger partial charge in [-0.3, -0.25) is 0 Å². The second-order valence-corrected chi connectivity index (χ2v) is 2.45. The Morgan fingerprint density at radius 2 is 2.36 bits per heavy atom. The lowest BCUT2D eigenvalue weighted by Crippen LogP contribution is -1.83. The molecule has 0 saturated heterocycles. The van der Waals surface area contributed by atoms with E-state index in [2.05, 4.69) is 18.1 Å². The van der Waals surface area contributed by atoms with Crippen LogP contribution in [-0.2, 0) is 6.42 Å². The molecule has 0 aromatic heterocycles. The summed E-state index contributed by atoms with van der Waals surface area (Å²) in [6.07, 6.45) is 8.11. The van der Waals surface area contributed by atoms with Gasteiger partial charge in [0.2, 0.25) is 0 Å². The van der Waals surface area contributed by atoms with Crippen molar-refractivity contribution in [1.29, 1.82) is 0 Å². The monoisotopic (exact) mass is 143 g/mol. The predicted molar refractivity (Wildman–Crippen MR) is 47.0 cm³/mol. The molecule has 0 nitrogen and oxygen atoms in total. The fourth-order valence-electron chi connectivity index (χ4n) is 0.967. The second kappa shape index (κ2) is 4.57. The summed E-state index contributed by atoms with van der Waals surface area (Å²) in [5.41, 5.74) is 1.25. The molecule has 0 heterocycles. The Bertz CT molecular complexity index is 228. The highest BCUT2D eigenvalue weighted by Gasteiger charge is 1.89. The Kier molecular flexibility index (Phi) is 3.28. The molecule has 0 fully saturated rings. The normalized spacial score (nSPS) is 9.00. The molecule has 0 saturated carbocycles. The summed E-state index contributed by atoms with van der Waals surface area (Å²) in [7, 11) is 0. The van der Waals surface area contributed by atoms with Gasteiger partial charge in [-0.25, -0.2) is 0 Å². The van der Waals surface area contributed by atoms with Gasteiger partial charge in [0.05, 0.1) is 0 Å². The van der Waals surface area contributed by atoms with Crippen LogP contribution in [0, 0.1) is 18.4 Å². The molecular formula is C11H11. The van der Waals surface area contributed by atoms with E-state index in [0.29, 0.717) is 0 Å². The van der Waals surface area contributed by atoms with Gasteiger partial charge in [0, 0.05) is 6.42 Å². The molecule has 0 amide bonds. The number of terminal acetylenes is 1. The second-order valence-electron chi connectivity index (χ2n) is 2.45. The molecule has 0 aliphatic heterocycles. The van der Waals surface area contributed by atoms with Crippen LogP contribution in [0.25, 0.3) is 0 Å². The van der Waals surface area contributed by atoms with Crippen LogP contribution in [0.1, 0.15) is 18.4 Å². The lowest BCUT2D eigenvalue weighted by Gasteiger charge is -1.95. The molecule has 1 radical (unpaired) electrons. The largest absolute Gasteiger partial charge is 0.120 e. The highest BCUT2D eigenvalue weighted by Crippen LogP contribution is 2.02. The van der Waals surface area contributed by atoms with Crippen LogP contribution < -0.4 is 0 Å². The molecule has 0 aliphatic rings. The summed E-state index contributed by atoms with van der Waals surface area (Å²) in [6.45, 7) is 0. The van der Waals surface area contributed by atoms with Crippen LogP contribution in [0.2, 0.25) is 0 Å². The summed E-state index contributed by atoms with van der Waals surface area (Å²) < 4.78 is 0. The minimum atomic E-state index is 0.864. The van der Waals surface area contributed by atoms with E-state index >= 15 is 0 Å². The molecule has 0 bridgehead atoms. The van der Waals surface area contributed by atoms with Crippen LogP contribution in [0.4, 0.5) is 0 Å². The summed E-state index contributed by atoms with van der Waals surface area (Å²) in [6, 6.07) is 11.2. The Labute approximate surface area is 68.3 Å². The highest BCUT2D eigenvalue weighted by molar-refractivity contribution is 5.13. The first-order valence-electron chi connectivity index (χ1n) is 3.82. The summed E-state index contributed by atoms with van der Waals surface area (Å²) in [4.78, 5) is 0. The number of benzene rings is 1. The van der Waals surface area contributed by atoms with Crippen molar-refractivity contribution in [2.45, 2.75) is 19.3 Å². The highest BCUT2D eigenvalue weighted by atomic mass is 13.9. The third-order valence-electron chi connectivity index (χ3n) is 1.54. The molecule has 0 heteroatoms. The van der Waals surface area contributed by atoms with Gasteiger partial charge in [-0.05, 0) is 24.5 Å². The SMILES string of the molecule is C#CCCCc1[c]cccc1. The Morgan fingerprint density at radius 1 is 1.45 bits per heavy atom. The van der Waals surface area contributed by atoms with Crippen molar-refractivity contribution >= 4 is 0 Å². The van der Waals surface area contributed by atoms with Crippen molar-refractivity contribution in [1.82, 2.24) is 0 Å². The Hall–Kier alpha value is -1.22. The van der Waals surface area contributed by atoms with E-state index in [-0.39, 0.29) is 0 Å². The molecule has 1 rings (SSSR count). The summed E-state index contributed by atoms with van der Waals surface area (Å²) in [5, 5.41) is 0. The van der Waals surface area contributed by atoms with E-state index in [0.717, 1.165) is 19.3 Å². The molecule has 0 aliphatic carbocycles. The van der Waals surface area contributed by atoms with Crippen LogP contribution in [0.15, 0.2) is 24.3 Å². The van der Waals surface area contributed by atoms with Gasteiger partial charge < -0.3 is 0 Å². The Morgan fingerprint density at radius 3 is 3.00 bits per heavy atom. The van der Waals surface area contributed by atoms with Crippen molar-refractivity contribution in [2.24, 2.45) is 0 Å². The first kappa shape index (κ1) is 7.88. The first-order chi connectivity index (χ1) is 5.43. The fraction of sp³-hybridized carbons (Fsp3) is 0.273. The van der Waals surface area contributed by atoms with E-state index in [1.165, 1.54) is 5.56 Å². The maximum atomic E-state index is 5.13. The van der Waals surface area contributed by atoms with Gasteiger partial charge in [-0.2, -0.15) is 0 Å². The van der Waals surface area contributed by atoms with Gasteiger partial charge in [0.15, 0.2) is 0 Å². The standard InChI is InChI=1S/C11H11/c1-2-3-5-8-11-9-6-4-7-10-11/h1,4,6-7,9H,3,5,8H2. The minimum Gasteiger partial charge on any atom is -0.120 e. The number of unbranched alkanes of at least 4 members (excludes halogenated alkanes) is 1. The van der Waals surface area contributed by atoms with Crippen molar-refractivity contribution in [3.05, 3.63) is 35.9 Å². The zero-order valence-electron chi connectivity index (χ0n) is 6.51. The third kappa shape index (κ3) is 2.91. The van der Waals surface area contributed by atoms with Crippen molar-refractivity contribution < 1.29 is 0 Å². The molecule has 0 N–H and O–H groups in total. The zero-order chi connectivity index (χ0) is 7.94. The van der Waals surface area contributed by atoms with Crippen LogP contribution >= 0.6 is 0 Å². The van der Waals surface area contributed by atoms with E-state index in [9.17, 15) is 0 Å². The third-order valence-corrected chi connectivity index (χ3v) is 1.54. The van der Waals surface area contributed by atoms with Crippen LogP contribution in [0.3, 0.4) is 0 Å². The lowest BCUT2D eigenvalue weighted by molar-refractivity contribution is 0.857. The molecule has 0 atom stereocenters. The van der Waals surface area contributed by atoms with E-state index in [1.54, 1.807) is 0 Å². The molecule has 11 heavy (non-hydrogen) atoms. The quantitative estimate of drug-likeness (QED) is 0.450. The smallest absolute Gasteiger partial charge is 0.00892 e. The van der Waals surface area contributed by atoms with Crippen molar-refractivity contribution in [3.63, 3.8) is 0 Å². The molecule has 0 unspecified atom stereocenters. The molecule has 1 aromatic rings. The van der Waals surface area contributed by atoms with Gasteiger partial charge in [-0.1, -0.05) is 24.3 Å². The van der Waals surface area contributed by atoms with Gasteiger partial charge in [-0.15, -0.1) is 12.3 Å². The van der Waals surface area contributed by atoms with E-state index in [4.69, 9.17) is 6.42 Å². The van der Waals surface area contributed by atoms with E-state index < -0.39 is 0 Å². The molecule has 55 valence electrons. The summed E-state index contributed by atoms with van der Waals surface area (Å²) >= 11 is 0. The number of hydrogen-bond donors (Lipinski definition) is 0. The lowest BCUT2D eigenvalue weighted by atomic mass is 10.1. The topological polar surface area (TPSA) is 0 Å². The average molecular weight is 143 g/mol. The van der Waals surface area contributed by atoms with Gasteiger partial charge in [0.1, 0.15) is 0 Å². The number of aryl methyl sites for hydroxylation is 1.